The molecule has 0 aliphatic heterocycles. The number of thiocarbonyl (C=S) groups is 1. The molecule has 0 aliphatic carbocycles. The Morgan fingerprint density at radius 3 is 2.84 bits per heavy atom. The Hall–Kier alpha value is -3.04. The van der Waals surface area contributed by atoms with E-state index in [4.69, 9.17) is 28.6 Å². The average Bonchev–Trinajstić information content (AvgIpc) is 2.73. The fraction of sp³-hybridized carbons (Fsp3) is 0.286. The van der Waals surface area contributed by atoms with Crippen molar-refractivity contribution >= 4 is 57.4 Å². The molecular weight excluding hydrogens is 436 g/mol. The summed E-state index contributed by atoms with van der Waals surface area (Å²) in [7, 11) is 0. The minimum absolute atomic E-state index is 0.298. The third-order valence-electron chi connectivity index (χ3n) is 4.36. The Balaban J connectivity index is 1.44. The van der Waals surface area contributed by atoms with Gasteiger partial charge >= 0.3 is 5.97 Å². The van der Waals surface area contributed by atoms with Crippen LogP contribution in [0.4, 0.5) is 11.6 Å². The van der Waals surface area contributed by atoms with Crippen molar-refractivity contribution < 1.29 is 9.53 Å². The molecule has 31 heavy (non-hydrogen) atoms. The van der Waals surface area contributed by atoms with Crippen LogP contribution in [0.25, 0.3) is 10.9 Å². The van der Waals surface area contributed by atoms with Crippen LogP contribution >= 0.6 is 23.8 Å². The lowest BCUT2D eigenvalue weighted by Gasteiger charge is -2.12. The maximum Gasteiger partial charge on any atom is 0.341 e. The highest BCUT2D eigenvalue weighted by Gasteiger charge is 2.13. The summed E-state index contributed by atoms with van der Waals surface area (Å²) in [5.41, 5.74) is 2.72. The summed E-state index contributed by atoms with van der Waals surface area (Å²) < 4.78 is 4.97. The Morgan fingerprint density at radius 1 is 1.23 bits per heavy atom. The number of pyridine rings is 1. The van der Waals surface area contributed by atoms with Crippen LogP contribution in [0.1, 0.15) is 29.4 Å². The lowest BCUT2D eigenvalue weighted by atomic mass is 10.2. The number of halogens is 1. The average molecular weight is 459 g/mol. The van der Waals surface area contributed by atoms with E-state index in [0.29, 0.717) is 40.5 Å². The molecule has 0 unspecified atom stereocenters. The number of anilines is 2. The molecule has 2 heterocycles. The molecule has 0 saturated heterocycles. The zero-order valence-electron chi connectivity index (χ0n) is 17.2. The Labute approximate surface area is 190 Å². The van der Waals surface area contributed by atoms with Gasteiger partial charge in [-0.1, -0.05) is 11.6 Å². The van der Waals surface area contributed by atoms with Gasteiger partial charge in [0.1, 0.15) is 0 Å². The molecule has 0 saturated carbocycles. The molecule has 3 rings (SSSR count). The van der Waals surface area contributed by atoms with Gasteiger partial charge in [0.15, 0.2) is 5.11 Å². The summed E-state index contributed by atoms with van der Waals surface area (Å²) in [5, 5.41) is 11.5. The zero-order valence-corrected chi connectivity index (χ0v) is 18.8. The van der Waals surface area contributed by atoms with Gasteiger partial charge in [-0.3, -0.25) is 4.98 Å². The van der Waals surface area contributed by atoms with Crippen molar-refractivity contribution in [2.45, 2.75) is 20.3 Å². The van der Waals surface area contributed by atoms with Crippen molar-refractivity contribution in [3.8, 4) is 0 Å². The normalized spacial score (nSPS) is 10.5. The first kappa shape index (κ1) is 22.6. The number of nitrogens with one attached hydrogen (secondary N) is 3. The van der Waals surface area contributed by atoms with E-state index in [9.17, 15) is 4.79 Å². The Bertz CT molecular complexity index is 1090. The Kier molecular flexibility index (Phi) is 7.91. The summed E-state index contributed by atoms with van der Waals surface area (Å²) in [4.78, 5) is 24.5. The van der Waals surface area contributed by atoms with Crippen LogP contribution in [0.5, 0.6) is 0 Å². The molecule has 1 aromatic carbocycles. The van der Waals surface area contributed by atoms with E-state index >= 15 is 0 Å². The second kappa shape index (κ2) is 10.8. The molecule has 3 N–H and O–H groups in total. The van der Waals surface area contributed by atoms with E-state index in [1.165, 1.54) is 6.20 Å². The molecule has 0 spiro atoms. The van der Waals surface area contributed by atoms with E-state index in [2.05, 4.69) is 30.9 Å². The van der Waals surface area contributed by atoms with Crippen LogP contribution in [0, 0.1) is 6.92 Å². The third-order valence-corrected chi connectivity index (χ3v) is 4.84. The van der Waals surface area contributed by atoms with Gasteiger partial charge in [0, 0.05) is 41.6 Å². The summed E-state index contributed by atoms with van der Waals surface area (Å²) in [5.74, 6) is -0.118. The molecule has 0 atom stereocenters. The number of fused-ring (bicyclic) bond motifs is 1. The second-order valence-electron chi connectivity index (χ2n) is 6.59. The van der Waals surface area contributed by atoms with Crippen LogP contribution in [-0.2, 0) is 4.74 Å². The standard InChI is InChI=1S/C21H23ClN6O2S/c1-3-30-19(29)16-12-26-20(27-13(16)2)28-21(31)25-9-4-8-23-17-7-10-24-18-11-14(22)5-6-15(17)18/h5-7,10-12H,3-4,8-9H2,1-2H3,(H,23,24)(H2,25,26,27,28,31). The molecule has 2 aromatic heterocycles. The molecule has 162 valence electrons. The van der Waals surface area contributed by atoms with Crippen molar-refractivity contribution in [2.75, 3.05) is 30.3 Å². The maximum absolute atomic E-state index is 11.8. The van der Waals surface area contributed by atoms with Crippen LogP contribution < -0.4 is 16.0 Å². The minimum atomic E-state index is -0.440. The van der Waals surface area contributed by atoms with E-state index in [1.54, 1.807) is 20.0 Å². The monoisotopic (exact) mass is 458 g/mol. The molecule has 10 heteroatoms. The summed E-state index contributed by atoms with van der Waals surface area (Å²) in [6.07, 6.45) is 4.02. The van der Waals surface area contributed by atoms with E-state index in [1.807, 2.05) is 24.3 Å². The van der Waals surface area contributed by atoms with Gasteiger partial charge in [0.25, 0.3) is 0 Å². The van der Waals surface area contributed by atoms with E-state index in [-0.39, 0.29) is 0 Å². The Morgan fingerprint density at radius 2 is 2.06 bits per heavy atom. The minimum Gasteiger partial charge on any atom is -0.462 e. The van der Waals surface area contributed by atoms with Crippen molar-refractivity contribution in [3.05, 3.63) is 52.9 Å². The van der Waals surface area contributed by atoms with E-state index < -0.39 is 5.97 Å². The highest BCUT2D eigenvalue weighted by Crippen LogP contribution is 2.24. The number of aromatic nitrogens is 3. The van der Waals surface area contributed by atoms with Gasteiger partial charge in [-0.25, -0.2) is 14.8 Å². The number of nitrogens with zero attached hydrogens (tertiary/aromatic N) is 3. The molecule has 8 nitrogen and oxygen atoms in total. The molecule has 0 fully saturated rings. The number of hydrogen-bond acceptors (Lipinski definition) is 7. The SMILES string of the molecule is CCOC(=O)c1cnc(NC(=S)NCCCNc2ccnc3cc(Cl)ccc23)nc1C. The first-order valence-electron chi connectivity index (χ1n) is 9.81. The van der Waals surface area contributed by atoms with Gasteiger partial charge in [0.05, 0.1) is 23.4 Å². The van der Waals surface area contributed by atoms with Crippen LogP contribution in [0.2, 0.25) is 5.02 Å². The molecular formula is C21H23ClN6O2S. The highest BCUT2D eigenvalue weighted by atomic mass is 35.5. The summed E-state index contributed by atoms with van der Waals surface area (Å²) in [6, 6.07) is 7.59. The van der Waals surface area contributed by atoms with Crippen molar-refractivity contribution in [3.63, 3.8) is 0 Å². The summed E-state index contributed by atoms with van der Waals surface area (Å²) >= 11 is 11.3. The molecule has 0 amide bonds. The first-order valence-corrected chi connectivity index (χ1v) is 10.6. The highest BCUT2D eigenvalue weighted by molar-refractivity contribution is 7.80. The van der Waals surface area contributed by atoms with Crippen molar-refractivity contribution in [1.29, 1.82) is 0 Å². The quantitative estimate of drug-likeness (QED) is 0.263. The first-order chi connectivity index (χ1) is 15.0. The number of carbonyl (C=O) groups is 1. The molecule has 3 aromatic rings. The van der Waals surface area contributed by atoms with Gasteiger partial charge in [-0.15, -0.1) is 0 Å². The number of hydrogen-bond donors (Lipinski definition) is 3. The lowest BCUT2D eigenvalue weighted by Crippen LogP contribution is -2.31. The number of ether oxygens (including phenoxy) is 1. The van der Waals surface area contributed by atoms with Crippen LogP contribution in [-0.4, -0.2) is 45.7 Å². The largest absolute Gasteiger partial charge is 0.462 e. The third kappa shape index (κ3) is 6.22. The van der Waals surface area contributed by atoms with Crippen molar-refractivity contribution in [2.24, 2.45) is 0 Å². The van der Waals surface area contributed by atoms with Gasteiger partial charge in [-0.05, 0) is 56.8 Å². The lowest BCUT2D eigenvalue weighted by molar-refractivity contribution is 0.0524. The fourth-order valence-corrected chi connectivity index (χ4v) is 3.23. The fourth-order valence-electron chi connectivity index (χ4n) is 2.87. The molecule has 0 bridgehead atoms. The predicted molar refractivity (Wildman–Crippen MR) is 127 cm³/mol. The van der Waals surface area contributed by atoms with Crippen LogP contribution in [0.3, 0.4) is 0 Å². The van der Waals surface area contributed by atoms with Gasteiger partial charge in [0.2, 0.25) is 5.95 Å². The van der Waals surface area contributed by atoms with Gasteiger partial charge in [-0.2, -0.15) is 0 Å². The predicted octanol–water partition coefficient (Wildman–Crippen LogP) is 3.95. The van der Waals surface area contributed by atoms with Crippen LogP contribution in [0.15, 0.2) is 36.7 Å². The number of benzene rings is 1. The molecule has 0 aliphatic rings. The number of esters is 1. The number of carbonyl (C=O) groups excluding carboxylic acids is 1. The zero-order chi connectivity index (χ0) is 22.2. The topological polar surface area (TPSA) is 101 Å². The van der Waals surface area contributed by atoms with E-state index in [0.717, 1.165) is 29.6 Å². The maximum atomic E-state index is 11.8. The second-order valence-corrected chi connectivity index (χ2v) is 7.44. The number of aryl methyl sites for hydroxylation is 1. The number of rotatable bonds is 8. The van der Waals surface area contributed by atoms with Crippen molar-refractivity contribution in [1.82, 2.24) is 20.3 Å². The smallest absolute Gasteiger partial charge is 0.341 e. The summed E-state index contributed by atoms with van der Waals surface area (Å²) in [6.45, 7) is 5.18. The van der Waals surface area contributed by atoms with Gasteiger partial charge < -0.3 is 20.7 Å². The molecule has 0 radical (unpaired) electrons.